The van der Waals surface area contributed by atoms with Gasteiger partial charge in [0.05, 0.1) is 5.69 Å². The highest BCUT2D eigenvalue weighted by atomic mass is 16.5. The van der Waals surface area contributed by atoms with Gasteiger partial charge in [0.15, 0.2) is 0 Å². The topological polar surface area (TPSA) is 58.6 Å². The van der Waals surface area contributed by atoms with Gasteiger partial charge in [-0.25, -0.2) is 0 Å². The molecule has 22 heavy (non-hydrogen) atoms. The van der Waals surface area contributed by atoms with Crippen molar-refractivity contribution in [1.82, 2.24) is 5.32 Å². The number of aryl methyl sites for hydroxylation is 2. The Labute approximate surface area is 132 Å². The van der Waals surface area contributed by atoms with E-state index >= 15 is 0 Å². The van der Waals surface area contributed by atoms with E-state index in [-0.39, 0.29) is 18.4 Å². The van der Waals surface area contributed by atoms with Crippen molar-refractivity contribution in [3.05, 3.63) is 29.3 Å². The maximum absolute atomic E-state index is 12.1. The molecule has 1 rings (SSSR count). The van der Waals surface area contributed by atoms with Gasteiger partial charge >= 0.3 is 0 Å². The van der Waals surface area contributed by atoms with E-state index in [2.05, 4.69) is 5.32 Å². The van der Waals surface area contributed by atoms with Crippen LogP contribution in [0.25, 0.3) is 0 Å². The Morgan fingerprint density at radius 2 is 2.05 bits per heavy atom. The van der Waals surface area contributed by atoms with Crippen molar-refractivity contribution in [2.24, 2.45) is 0 Å². The lowest BCUT2D eigenvalue weighted by molar-refractivity contribution is -0.123. The number of para-hydroxylation sites is 1. The van der Waals surface area contributed by atoms with E-state index in [4.69, 9.17) is 4.74 Å². The molecule has 0 aliphatic carbocycles. The molecule has 5 heteroatoms. The molecule has 0 aliphatic rings. The maximum Gasteiger partial charge on any atom is 0.240 e. The van der Waals surface area contributed by atoms with Crippen molar-refractivity contribution >= 4 is 17.5 Å². The fourth-order valence-corrected chi connectivity index (χ4v) is 2.38. The number of nitrogens with one attached hydrogen (secondary N) is 1. The van der Waals surface area contributed by atoms with Gasteiger partial charge in [0, 0.05) is 27.2 Å². The van der Waals surface area contributed by atoms with Gasteiger partial charge in [-0.05, 0) is 30.9 Å². The fourth-order valence-electron chi connectivity index (χ4n) is 2.38. The third kappa shape index (κ3) is 5.15. The molecule has 0 saturated carbocycles. The van der Waals surface area contributed by atoms with Crippen molar-refractivity contribution in [2.75, 3.05) is 31.7 Å². The van der Waals surface area contributed by atoms with Crippen molar-refractivity contribution in [2.45, 2.75) is 33.6 Å². The number of methoxy groups -OCH3 is 1. The SMILES string of the molecule is CCc1cccc(C)c1N(CC(=O)NCCCOC)C(C)=O. The number of hydrogen-bond donors (Lipinski definition) is 1. The summed E-state index contributed by atoms with van der Waals surface area (Å²) in [7, 11) is 1.63. The molecule has 0 heterocycles. The number of ether oxygens (including phenoxy) is 1. The van der Waals surface area contributed by atoms with Gasteiger partial charge in [0.1, 0.15) is 6.54 Å². The Kier molecular flexibility index (Phi) is 7.60. The molecule has 5 nitrogen and oxygen atoms in total. The van der Waals surface area contributed by atoms with Crippen LogP contribution < -0.4 is 10.2 Å². The highest BCUT2D eigenvalue weighted by Crippen LogP contribution is 2.25. The highest BCUT2D eigenvalue weighted by molar-refractivity contribution is 5.98. The molecule has 1 N–H and O–H groups in total. The van der Waals surface area contributed by atoms with Crippen LogP contribution in [0.2, 0.25) is 0 Å². The van der Waals surface area contributed by atoms with Crippen molar-refractivity contribution in [3.63, 3.8) is 0 Å². The number of nitrogens with zero attached hydrogens (tertiary/aromatic N) is 1. The van der Waals surface area contributed by atoms with Gasteiger partial charge in [-0.1, -0.05) is 25.1 Å². The molecule has 0 fully saturated rings. The van der Waals surface area contributed by atoms with Crippen LogP contribution >= 0.6 is 0 Å². The van der Waals surface area contributed by atoms with Crippen LogP contribution in [0, 0.1) is 6.92 Å². The van der Waals surface area contributed by atoms with E-state index in [1.165, 1.54) is 6.92 Å². The Morgan fingerprint density at radius 3 is 2.64 bits per heavy atom. The quantitative estimate of drug-likeness (QED) is 0.748. The van der Waals surface area contributed by atoms with Crippen LogP contribution in [0.4, 0.5) is 5.69 Å². The minimum atomic E-state index is -0.156. The average molecular weight is 306 g/mol. The first-order valence-corrected chi connectivity index (χ1v) is 7.63. The Bertz CT molecular complexity index is 515. The first-order chi connectivity index (χ1) is 10.5. The zero-order valence-corrected chi connectivity index (χ0v) is 13.9. The number of rotatable bonds is 8. The van der Waals surface area contributed by atoms with E-state index in [1.807, 2.05) is 32.0 Å². The summed E-state index contributed by atoms with van der Waals surface area (Å²) >= 11 is 0. The summed E-state index contributed by atoms with van der Waals surface area (Å²) in [5, 5.41) is 2.82. The minimum absolute atomic E-state index is 0.0418. The lowest BCUT2D eigenvalue weighted by atomic mass is 10.0. The van der Waals surface area contributed by atoms with Crippen LogP contribution in [-0.4, -0.2) is 38.6 Å². The van der Waals surface area contributed by atoms with Gasteiger partial charge in [0.25, 0.3) is 0 Å². The first-order valence-electron chi connectivity index (χ1n) is 7.63. The fraction of sp³-hybridized carbons (Fsp3) is 0.529. The number of benzene rings is 1. The molecular weight excluding hydrogens is 280 g/mol. The van der Waals surface area contributed by atoms with Crippen LogP contribution in [-0.2, 0) is 20.7 Å². The number of anilines is 1. The molecule has 0 spiro atoms. The van der Waals surface area contributed by atoms with Gasteiger partial charge in [-0.2, -0.15) is 0 Å². The van der Waals surface area contributed by atoms with Crippen molar-refractivity contribution in [3.8, 4) is 0 Å². The predicted molar refractivity (Wildman–Crippen MR) is 88.1 cm³/mol. The second-order valence-electron chi connectivity index (χ2n) is 5.24. The summed E-state index contributed by atoms with van der Waals surface area (Å²) in [4.78, 5) is 25.6. The number of carbonyl (C=O) groups is 2. The molecule has 0 atom stereocenters. The lowest BCUT2D eigenvalue weighted by Crippen LogP contribution is -2.41. The molecule has 122 valence electrons. The number of amides is 2. The van der Waals surface area contributed by atoms with E-state index in [1.54, 1.807) is 12.0 Å². The summed E-state index contributed by atoms with van der Waals surface area (Å²) in [6.07, 6.45) is 1.57. The van der Waals surface area contributed by atoms with E-state index < -0.39 is 0 Å². The minimum Gasteiger partial charge on any atom is -0.385 e. The van der Waals surface area contributed by atoms with Gasteiger partial charge in [-0.15, -0.1) is 0 Å². The van der Waals surface area contributed by atoms with Crippen molar-refractivity contribution < 1.29 is 14.3 Å². The zero-order valence-electron chi connectivity index (χ0n) is 13.9. The third-order valence-corrected chi connectivity index (χ3v) is 3.50. The summed E-state index contributed by atoms with van der Waals surface area (Å²) in [6.45, 7) is 6.69. The molecule has 0 aliphatic heterocycles. The number of carbonyl (C=O) groups excluding carboxylic acids is 2. The summed E-state index contributed by atoms with van der Waals surface area (Å²) in [5.41, 5.74) is 2.92. The van der Waals surface area contributed by atoms with Gasteiger partial charge in [0.2, 0.25) is 11.8 Å². The lowest BCUT2D eigenvalue weighted by Gasteiger charge is -2.25. The first kappa shape index (κ1) is 18.2. The molecule has 1 aromatic rings. The monoisotopic (exact) mass is 306 g/mol. The molecule has 1 aromatic carbocycles. The smallest absolute Gasteiger partial charge is 0.240 e. The molecule has 0 bridgehead atoms. The zero-order chi connectivity index (χ0) is 16.5. The Balaban J connectivity index is 2.83. The second kappa shape index (κ2) is 9.20. The maximum atomic E-state index is 12.1. The normalized spacial score (nSPS) is 10.4. The largest absolute Gasteiger partial charge is 0.385 e. The Hall–Kier alpha value is -1.88. The van der Waals surface area contributed by atoms with E-state index in [9.17, 15) is 9.59 Å². The summed E-state index contributed by atoms with van der Waals surface area (Å²) in [5.74, 6) is -0.285. The molecule has 0 radical (unpaired) electrons. The number of hydrogen-bond acceptors (Lipinski definition) is 3. The Morgan fingerprint density at radius 1 is 1.32 bits per heavy atom. The molecule has 0 saturated heterocycles. The van der Waals surface area contributed by atoms with Crippen molar-refractivity contribution in [1.29, 1.82) is 0 Å². The molecule has 2 amide bonds. The summed E-state index contributed by atoms with van der Waals surface area (Å²) < 4.78 is 4.94. The average Bonchev–Trinajstić information content (AvgIpc) is 2.49. The molecule has 0 unspecified atom stereocenters. The third-order valence-electron chi connectivity index (χ3n) is 3.50. The van der Waals surface area contributed by atoms with Crippen LogP contribution in [0.3, 0.4) is 0 Å². The second-order valence-corrected chi connectivity index (χ2v) is 5.24. The standard InChI is InChI=1S/C17H26N2O3/c1-5-15-9-6-8-13(2)17(15)19(14(3)20)12-16(21)18-10-7-11-22-4/h6,8-9H,5,7,10-12H2,1-4H3,(H,18,21). The van der Waals surface area contributed by atoms with Gasteiger partial charge < -0.3 is 15.0 Å². The van der Waals surface area contributed by atoms with Crippen LogP contribution in [0.1, 0.15) is 31.4 Å². The van der Waals surface area contributed by atoms with E-state index in [0.29, 0.717) is 13.2 Å². The molecule has 0 aromatic heterocycles. The predicted octanol–water partition coefficient (Wildman–Crippen LogP) is 2.06. The van der Waals surface area contributed by atoms with Gasteiger partial charge in [-0.3, -0.25) is 9.59 Å². The van der Waals surface area contributed by atoms with Crippen LogP contribution in [0.15, 0.2) is 18.2 Å². The highest BCUT2D eigenvalue weighted by Gasteiger charge is 2.19. The van der Waals surface area contributed by atoms with Crippen LogP contribution in [0.5, 0.6) is 0 Å². The molecular formula is C17H26N2O3. The summed E-state index contributed by atoms with van der Waals surface area (Å²) in [6, 6.07) is 5.93. The van der Waals surface area contributed by atoms with E-state index in [0.717, 1.165) is 29.7 Å².